The highest BCUT2D eigenvalue weighted by molar-refractivity contribution is 6.30. The monoisotopic (exact) mass is 346 g/mol. The lowest BCUT2D eigenvalue weighted by Crippen LogP contribution is -2.49. The van der Waals surface area contributed by atoms with E-state index >= 15 is 0 Å². The maximum absolute atomic E-state index is 13.3. The van der Waals surface area contributed by atoms with E-state index in [-0.39, 0.29) is 12.0 Å². The Kier molecular flexibility index (Phi) is 4.57. The molecule has 2 N–H and O–H groups in total. The Balaban J connectivity index is 1.51. The number of halogens is 1. The van der Waals surface area contributed by atoms with Crippen LogP contribution in [0.3, 0.4) is 0 Å². The van der Waals surface area contributed by atoms with E-state index in [1.807, 2.05) is 18.2 Å². The molecule has 2 bridgehead atoms. The molecule has 3 aliphatic rings. The normalized spacial score (nSPS) is 35.9. The zero-order chi connectivity index (χ0) is 16.7. The van der Waals surface area contributed by atoms with Crippen LogP contribution < -0.4 is 5.73 Å². The molecule has 0 aromatic heterocycles. The van der Waals surface area contributed by atoms with E-state index in [0.29, 0.717) is 23.8 Å². The average molecular weight is 347 g/mol. The van der Waals surface area contributed by atoms with Gasteiger partial charge in [-0.05, 0) is 68.1 Å². The number of carbonyl (C=O) groups excluding carboxylic acids is 1. The van der Waals surface area contributed by atoms with Gasteiger partial charge in [0.1, 0.15) is 0 Å². The van der Waals surface area contributed by atoms with Crippen molar-refractivity contribution in [2.24, 2.45) is 23.5 Å². The molecule has 24 heavy (non-hydrogen) atoms. The summed E-state index contributed by atoms with van der Waals surface area (Å²) in [7, 11) is 0. The van der Waals surface area contributed by atoms with E-state index < -0.39 is 0 Å². The van der Waals surface area contributed by atoms with Crippen molar-refractivity contribution in [1.29, 1.82) is 0 Å². The molecular weight excluding hydrogens is 320 g/mol. The van der Waals surface area contributed by atoms with Crippen LogP contribution in [0.4, 0.5) is 0 Å². The maximum Gasteiger partial charge on any atom is 0.226 e. The Morgan fingerprint density at radius 2 is 1.88 bits per heavy atom. The number of carbonyl (C=O) groups is 1. The SMILES string of the molecule is NC1C2CCCC1CC(C(=O)N1CCCC1c1cccc(Cl)c1)C2. The molecular formula is C20H27ClN2O. The highest BCUT2D eigenvalue weighted by atomic mass is 35.5. The van der Waals surface area contributed by atoms with Gasteiger partial charge >= 0.3 is 0 Å². The highest BCUT2D eigenvalue weighted by Crippen LogP contribution is 2.44. The Bertz CT molecular complexity index is 605. The molecule has 0 radical (unpaired) electrons. The molecule has 1 saturated heterocycles. The van der Waals surface area contributed by atoms with Crippen LogP contribution in [0.1, 0.15) is 56.6 Å². The van der Waals surface area contributed by atoms with Gasteiger partial charge in [0, 0.05) is 23.5 Å². The zero-order valence-electron chi connectivity index (χ0n) is 14.2. The van der Waals surface area contributed by atoms with Gasteiger partial charge in [-0.1, -0.05) is 30.2 Å². The van der Waals surface area contributed by atoms with Crippen molar-refractivity contribution in [3.63, 3.8) is 0 Å². The van der Waals surface area contributed by atoms with Crippen LogP contribution in [0.2, 0.25) is 5.02 Å². The standard InChI is InChI=1S/C20H27ClN2O/c21-17-7-2-4-13(12-17)18-8-3-9-23(18)20(24)16-10-14-5-1-6-15(11-16)19(14)22/h2,4,7,12,14-16,18-19H,1,3,5-6,8-11,22H2. The first kappa shape index (κ1) is 16.4. The summed E-state index contributed by atoms with van der Waals surface area (Å²) in [4.78, 5) is 15.4. The predicted molar refractivity (Wildman–Crippen MR) is 96.7 cm³/mol. The molecule has 130 valence electrons. The van der Waals surface area contributed by atoms with Gasteiger partial charge < -0.3 is 10.6 Å². The summed E-state index contributed by atoms with van der Waals surface area (Å²) in [5, 5.41) is 0.755. The molecule has 2 saturated carbocycles. The second-order valence-corrected chi connectivity index (χ2v) is 8.38. The van der Waals surface area contributed by atoms with Crippen LogP contribution in [-0.2, 0) is 4.79 Å². The summed E-state index contributed by atoms with van der Waals surface area (Å²) in [5.41, 5.74) is 7.58. The fourth-order valence-corrected chi connectivity index (χ4v) is 5.51. The molecule has 4 rings (SSSR count). The predicted octanol–water partition coefficient (Wildman–Crippen LogP) is 4.16. The van der Waals surface area contributed by atoms with Gasteiger partial charge in [-0.2, -0.15) is 0 Å². The molecule has 0 spiro atoms. The zero-order valence-corrected chi connectivity index (χ0v) is 14.9. The molecule has 3 atom stereocenters. The number of hydrogen-bond donors (Lipinski definition) is 1. The number of hydrogen-bond acceptors (Lipinski definition) is 2. The summed E-state index contributed by atoms with van der Waals surface area (Å²) in [5.74, 6) is 1.65. The van der Waals surface area contributed by atoms with Crippen molar-refractivity contribution < 1.29 is 4.79 Å². The average Bonchev–Trinajstić information content (AvgIpc) is 3.03. The number of amides is 1. The van der Waals surface area contributed by atoms with E-state index in [2.05, 4.69) is 11.0 Å². The largest absolute Gasteiger partial charge is 0.335 e. The second kappa shape index (κ2) is 6.68. The van der Waals surface area contributed by atoms with Crippen molar-refractivity contribution in [2.75, 3.05) is 6.54 Å². The summed E-state index contributed by atoms with van der Waals surface area (Å²) < 4.78 is 0. The quantitative estimate of drug-likeness (QED) is 0.874. The Labute approximate surface area is 149 Å². The molecule has 1 aromatic carbocycles. The van der Waals surface area contributed by atoms with Crippen molar-refractivity contribution in [3.05, 3.63) is 34.9 Å². The number of fused-ring (bicyclic) bond motifs is 2. The molecule has 1 aliphatic heterocycles. The highest BCUT2D eigenvalue weighted by Gasteiger charge is 2.43. The van der Waals surface area contributed by atoms with Crippen LogP contribution in [0, 0.1) is 17.8 Å². The Morgan fingerprint density at radius 3 is 2.58 bits per heavy atom. The fraction of sp³-hybridized carbons (Fsp3) is 0.650. The minimum atomic E-state index is 0.180. The van der Waals surface area contributed by atoms with E-state index in [1.54, 1.807) is 0 Å². The molecule has 2 aliphatic carbocycles. The smallest absolute Gasteiger partial charge is 0.226 e. The van der Waals surface area contributed by atoms with Crippen molar-refractivity contribution in [3.8, 4) is 0 Å². The Morgan fingerprint density at radius 1 is 1.12 bits per heavy atom. The molecule has 3 nitrogen and oxygen atoms in total. The second-order valence-electron chi connectivity index (χ2n) is 7.94. The van der Waals surface area contributed by atoms with E-state index in [9.17, 15) is 4.79 Å². The van der Waals surface area contributed by atoms with E-state index in [0.717, 1.165) is 37.3 Å². The van der Waals surface area contributed by atoms with Crippen LogP contribution >= 0.6 is 11.6 Å². The lowest BCUT2D eigenvalue weighted by molar-refractivity contribution is -0.139. The number of benzene rings is 1. The summed E-state index contributed by atoms with van der Waals surface area (Å²) in [6.07, 6.45) is 7.83. The number of rotatable bonds is 2. The number of nitrogens with zero attached hydrogens (tertiary/aromatic N) is 1. The van der Waals surface area contributed by atoms with E-state index in [4.69, 9.17) is 17.3 Å². The molecule has 3 fully saturated rings. The fourth-order valence-electron chi connectivity index (χ4n) is 5.32. The summed E-state index contributed by atoms with van der Waals surface area (Å²) in [6, 6.07) is 8.53. The Hall–Kier alpha value is -1.06. The third-order valence-electron chi connectivity index (χ3n) is 6.53. The molecule has 1 heterocycles. The van der Waals surface area contributed by atoms with Gasteiger partial charge in [0.15, 0.2) is 0 Å². The number of likely N-dealkylation sites (tertiary alicyclic amines) is 1. The van der Waals surface area contributed by atoms with Crippen LogP contribution in [0.25, 0.3) is 0 Å². The third kappa shape index (κ3) is 2.97. The molecule has 3 unspecified atom stereocenters. The topological polar surface area (TPSA) is 46.3 Å². The lowest BCUT2D eigenvalue weighted by atomic mass is 9.65. The van der Waals surface area contributed by atoms with Gasteiger partial charge in [-0.15, -0.1) is 0 Å². The summed E-state index contributed by atoms with van der Waals surface area (Å²) in [6.45, 7) is 0.883. The number of nitrogens with two attached hydrogens (primary N) is 1. The lowest BCUT2D eigenvalue weighted by Gasteiger charge is -2.44. The van der Waals surface area contributed by atoms with Crippen LogP contribution in [-0.4, -0.2) is 23.4 Å². The minimum absolute atomic E-state index is 0.180. The summed E-state index contributed by atoms with van der Waals surface area (Å²) >= 11 is 6.16. The van der Waals surface area contributed by atoms with Crippen molar-refractivity contribution in [1.82, 2.24) is 4.90 Å². The third-order valence-corrected chi connectivity index (χ3v) is 6.77. The van der Waals surface area contributed by atoms with Crippen molar-refractivity contribution >= 4 is 17.5 Å². The maximum atomic E-state index is 13.3. The molecule has 1 aromatic rings. The van der Waals surface area contributed by atoms with Gasteiger partial charge in [0.2, 0.25) is 5.91 Å². The molecule has 1 amide bonds. The van der Waals surface area contributed by atoms with Gasteiger partial charge in [-0.25, -0.2) is 0 Å². The molecule has 4 heteroatoms. The van der Waals surface area contributed by atoms with Crippen LogP contribution in [0.15, 0.2) is 24.3 Å². The first-order valence-corrected chi connectivity index (χ1v) is 9.83. The van der Waals surface area contributed by atoms with Crippen molar-refractivity contribution in [2.45, 2.75) is 57.0 Å². The van der Waals surface area contributed by atoms with Gasteiger partial charge in [0.25, 0.3) is 0 Å². The van der Waals surface area contributed by atoms with Crippen LogP contribution in [0.5, 0.6) is 0 Å². The minimum Gasteiger partial charge on any atom is -0.335 e. The van der Waals surface area contributed by atoms with Gasteiger partial charge in [-0.3, -0.25) is 4.79 Å². The van der Waals surface area contributed by atoms with Gasteiger partial charge in [0.05, 0.1) is 6.04 Å². The first-order chi connectivity index (χ1) is 11.6. The first-order valence-electron chi connectivity index (χ1n) is 9.45. The van der Waals surface area contributed by atoms with E-state index in [1.165, 1.54) is 24.8 Å².